The van der Waals surface area contributed by atoms with Crippen LogP contribution in [-0.2, 0) is 11.2 Å². The topological polar surface area (TPSA) is 25.4 Å². The lowest BCUT2D eigenvalue weighted by atomic mass is 10.0. The molecule has 3 heteroatoms. The van der Waals surface area contributed by atoms with Gasteiger partial charge >= 0.3 is 0 Å². The minimum absolute atomic E-state index is 0.931. The summed E-state index contributed by atoms with van der Waals surface area (Å²) in [5.74, 6) is 0. The Bertz CT molecular complexity index is 376. The quantitative estimate of drug-likeness (QED) is 0.532. The van der Waals surface area contributed by atoms with E-state index in [0.717, 1.165) is 26.3 Å². The number of pyridine rings is 1. The van der Waals surface area contributed by atoms with E-state index in [0.29, 0.717) is 0 Å². The van der Waals surface area contributed by atoms with Crippen LogP contribution in [0.5, 0.6) is 0 Å². The first-order chi connectivity index (χ1) is 11.4. The fraction of sp³-hybridized carbons (Fsp3) is 0.750. The van der Waals surface area contributed by atoms with Gasteiger partial charge in [0.25, 0.3) is 0 Å². The Morgan fingerprint density at radius 1 is 0.870 bits per heavy atom. The Morgan fingerprint density at radius 3 is 2.17 bits per heavy atom. The first-order valence-corrected chi connectivity index (χ1v) is 9.64. The summed E-state index contributed by atoms with van der Waals surface area (Å²) in [5.41, 5.74) is 1.38. The molecule has 0 bridgehead atoms. The Labute approximate surface area is 142 Å². The number of aromatic nitrogens is 1. The van der Waals surface area contributed by atoms with Crippen LogP contribution >= 0.6 is 0 Å². The van der Waals surface area contributed by atoms with Gasteiger partial charge in [-0.15, -0.1) is 0 Å². The SMILES string of the molecule is c1cncc(CCCCCCCCCCCN2CCOCC2)c1. The molecule has 23 heavy (non-hydrogen) atoms. The van der Waals surface area contributed by atoms with E-state index < -0.39 is 0 Å². The molecule has 1 fully saturated rings. The van der Waals surface area contributed by atoms with Crippen LogP contribution in [0, 0.1) is 0 Å². The van der Waals surface area contributed by atoms with E-state index in [1.165, 1.54) is 76.3 Å². The molecule has 1 aliphatic heterocycles. The predicted octanol–water partition coefficient (Wildman–Crippen LogP) is 4.47. The molecule has 0 N–H and O–H groups in total. The van der Waals surface area contributed by atoms with E-state index in [2.05, 4.69) is 16.0 Å². The highest BCUT2D eigenvalue weighted by Crippen LogP contribution is 2.12. The largest absolute Gasteiger partial charge is 0.379 e. The molecule has 0 spiro atoms. The van der Waals surface area contributed by atoms with Crippen molar-refractivity contribution in [1.29, 1.82) is 0 Å². The van der Waals surface area contributed by atoms with Gasteiger partial charge < -0.3 is 4.74 Å². The zero-order chi connectivity index (χ0) is 16.0. The zero-order valence-electron chi connectivity index (χ0n) is 14.7. The third-order valence-electron chi connectivity index (χ3n) is 4.77. The smallest absolute Gasteiger partial charge is 0.0594 e. The summed E-state index contributed by atoms with van der Waals surface area (Å²) in [6, 6.07) is 4.22. The second kappa shape index (κ2) is 12.5. The van der Waals surface area contributed by atoms with Crippen LogP contribution in [0.1, 0.15) is 63.4 Å². The lowest BCUT2D eigenvalue weighted by molar-refractivity contribution is 0.0371. The second-order valence-electron chi connectivity index (χ2n) is 6.75. The highest BCUT2D eigenvalue weighted by atomic mass is 16.5. The monoisotopic (exact) mass is 318 g/mol. The van der Waals surface area contributed by atoms with Crippen LogP contribution < -0.4 is 0 Å². The number of hydrogen-bond acceptors (Lipinski definition) is 3. The third-order valence-corrected chi connectivity index (χ3v) is 4.77. The molecule has 2 rings (SSSR count). The summed E-state index contributed by atoms with van der Waals surface area (Å²) < 4.78 is 5.38. The van der Waals surface area contributed by atoms with Crippen LogP contribution in [0.3, 0.4) is 0 Å². The maximum absolute atomic E-state index is 5.38. The number of aryl methyl sites for hydroxylation is 1. The molecule has 2 heterocycles. The van der Waals surface area contributed by atoms with E-state index in [1.54, 1.807) is 0 Å². The molecule has 1 aliphatic rings. The third kappa shape index (κ3) is 9.07. The van der Waals surface area contributed by atoms with Crippen molar-refractivity contribution in [1.82, 2.24) is 9.88 Å². The maximum atomic E-state index is 5.38. The summed E-state index contributed by atoms with van der Waals surface area (Å²) in [5, 5.41) is 0. The number of rotatable bonds is 12. The Hall–Kier alpha value is -0.930. The van der Waals surface area contributed by atoms with Crippen LogP contribution in [0.15, 0.2) is 24.5 Å². The van der Waals surface area contributed by atoms with Gasteiger partial charge in [-0.3, -0.25) is 9.88 Å². The van der Waals surface area contributed by atoms with Gasteiger partial charge in [0.2, 0.25) is 0 Å². The van der Waals surface area contributed by atoms with Crippen LogP contribution in [0.25, 0.3) is 0 Å². The summed E-state index contributed by atoms with van der Waals surface area (Å²) in [6.07, 6.45) is 17.6. The number of morpholine rings is 1. The fourth-order valence-corrected chi connectivity index (χ4v) is 3.27. The molecule has 0 amide bonds. The molecule has 0 aliphatic carbocycles. The van der Waals surface area contributed by atoms with Crippen LogP contribution in [0.2, 0.25) is 0 Å². The Balaban J connectivity index is 1.30. The summed E-state index contributed by atoms with van der Waals surface area (Å²) >= 11 is 0. The van der Waals surface area contributed by atoms with E-state index in [4.69, 9.17) is 4.74 Å². The lowest BCUT2D eigenvalue weighted by Crippen LogP contribution is -2.36. The molecular weight excluding hydrogens is 284 g/mol. The number of ether oxygens (including phenoxy) is 1. The van der Waals surface area contributed by atoms with Gasteiger partial charge in [-0.25, -0.2) is 0 Å². The van der Waals surface area contributed by atoms with Crippen molar-refractivity contribution in [2.45, 2.75) is 64.2 Å². The highest BCUT2D eigenvalue weighted by Gasteiger charge is 2.08. The minimum Gasteiger partial charge on any atom is -0.379 e. The molecule has 0 atom stereocenters. The zero-order valence-corrected chi connectivity index (χ0v) is 14.7. The van der Waals surface area contributed by atoms with Crippen molar-refractivity contribution in [3.63, 3.8) is 0 Å². The van der Waals surface area contributed by atoms with Gasteiger partial charge in [-0.2, -0.15) is 0 Å². The molecular formula is C20H34N2O. The van der Waals surface area contributed by atoms with Gasteiger partial charge in [0.05, 0.1) is 13.2 Å². The predicted molar refractivity (Wildman–Crippen MR) is 96.8 cm³/mol. The van der Waals surface area contributed by atoms with Crippen molar-refractivity contribution in [2.75, 3.05) is 32.8 Å². The average molecular weight is 319 g/mol. The summed E-state index contributed by atoms with van der Waals surface area (Å²) in [6.45, 7) is 5.41. The average Bonchev–Trinajstić information content (AvgIpc) is 2.61. The molecule has 0 unspecified atom stereocenters. The van der Waals surface area contributed by atoms with Crippen molar-refractivity contribution in [3.8, 4) is 0 Å². The molecule has 1 aromatic heterocycles. The van der Waals surface area contributed by atoms with Gasteiger partial charge in [0.1, 0.15) is 0 Å². The molecule has 0 saturated carbocycles. The van der Waals surface area contributed by atoms with Crippen molar-refractivity contribution < 1.29 is 4.74 Å². The number of nitrogens with zero attached hydrogens (tertiary/aromatic N) is 2. The lowest BCUT2D eigenvalue weighted by Gasteiger charge is -2.26. The molecule has 3 nitrogen and oxygen atoms in total. The molecule has 1 aromatic rings. The van der Waals surface area contributed by atoms with E-state index in [1.807, 2.05) is 18.5 Å². The maximum Gasteiger partial charge on any atom is 0.0594 e. The highest BCUT2D eigenvalue weighted by molar-refractivity contribution is 5.08. The fourth-order valence-electron chi connectivity index (χ4n) is 3.27. The van der Waals surface area contributed by atoms with Gasteiger partial charge in [-0.1, -0.05) is 51.0 Å². The second-order valence-corrected chi connectivity index (χ2v) is 6.75. The van der Waals surface area contributed by atoms with Crippen molar-refractivity contribution in [2.24, 2.45) is 0 Å². The van der Waals surface area contributed by atoms with E-state index >= 15 is 0 Å². The van der Waals surface area contributed by atoms with E-state index in [-0.39, 0.29) is 0 Å². The van der Waals surface area contributed by atoms with Gasteiger partial charge in [0, 0.05) is 25.5 Å². The Morgan fingerprint density at radius 2 is 1.52 bits per heavy atom. The molecule has 0 aromatic carbocycles. The first kappa shape index (κ1) is 18.4. The summed E-state index contributed by atoms with van der Waals surface area (Å²) in [7, 11) is 0. The number of unbranched alkanes of at least 4 members (excludes halogenated alkanes) is 8. The van der Waals surface area contributed by atoms with Gasteiger partial charge in [0.15, 0.2) is 0 Å². The van der Waals surface area contributed by atoms with Gasteiger partial charge in [-0.05, 0) is 37.4 Å². The summed E-state index contributed by atoms with van der Waals surface area (Å²) in [4.78, 5) is 6.72. The first-order valence-electron chi connectivity index (χ1n) is 9.64. The normalized spacial score (nSPS) is 15.8. The van der Waals surface area contributed by atoms with Crippen LogP contribution in [-0.4, -0.2) is 42.7 Å². The standard InChI is InChI=1S/C20H34N2O/c1(2-4-6-8-11-20-12-10-13-21-19-20)3-5-7-9-14-22-15-17-23-18-16-22/h10,12-13,19H,1-9,11,14-18H2. The number of hydrogen-bond donors (Lipinski definition) is 0. The van der Waals surface area contributed by atoms with E-state index in [9.17, 15) is 0 Å². The molecule has 1 saturated heterocycles. The van der Waals surface area contributed by atoms with Crippen LogP contribution in [0.4, 0.5) is 0 Å². The van der Waals surface area contributed by atoms with Crippen molar-refractivity contribution >= 4 is 0 Å². The molecule has 130 valence electrons. The Kier molecular flexibility index (Phi) is 10.00. The minimum atomic E-state index is 0.931. The van der Waals surface area contributed by atoms with Crippen molar-refractivity contribution in [3.05, 3.63) is 30.1 Å². The molecule has 0 radical (unpaired) electrons.